The van der Waals surface area contributed by atoms with Gasteiger partial charge in [-0.2, -0.15) is 0 Å². The Morgan fingerprint density at radius 3 is 2.32 bits per heavy atom. The van der Waals surface area contributed by atoms with Gasteiger partial charge in [-0.15, -0.1) is 0 Å². The highest BCUT2D eigenvalue weighted by Gasteiger charge is 2.13. The summed E-state index contributed by atoms with van der Waals surface area (Å²) in [5.41, 5.74) is 0.873. The molecule has 0 aliphatic heterocycles. The van der Waals surface area contributed by atoms with Crippen molar-refractivity contribution in [1.29, 1.82) is 0 Å². The highest BCUT2D eigenvalue weighted by molar-refractivity contribution is 7.85. The van der Waals surface area contributed by atoms with Crippen LogP contribution in [0.15, 0.2) is 59.5 Å². The second kappa shape index (κ2) is 6.38. The highest BCUT2D eigenvalue weighted by Crippen LogP contribution is 2.12. The lowest BCUT2D eigenvalue weighted by molar-refractivity contribution is -0.116. The van der Waals surface area contributed by atoms with Gasteiger partial charge in [0.1, 0.15) is 11.6 Å². The molecule has 0 aliphatic rings. The molecule has 0 aliphatic carbocycles. The predicted octanol–water partition coefficient (Wildman–Crippen LogP) is 2.75. The smallest absolute Gasteiger partial charge is 0.150 e. The summed E-state index contributed by atoms with van der Waals surface area (Å²) in [4.78, 5) is 11.9. The lowest BCUT2D eigenvalue weighted by Gasteiger charge is -2.03. The first-order valence-electron chi connectivity index (χ1n) is 5.85. The maximum Gasteiger partial charge on any atom is 0.150 e. The van der Waals surface area contributed by atoms with Crippen LogP contribution in [-0.2, 0) is 22.0 Å². The molecule has 0 fully saturated rings. The number of Topliss-reactive ketones (excluding diaryl/α,β-unsaturated/α-hetero) is 1. The quantitative estimate of drug-likeness (QED) is 0.841. The molecule has 2 aromatic rings. The van der Waals surface area contributed by atoms with E-state index in [1.165, 1.54) is 18.2 Å². The Labute approximate surface area is 113 Å². The fourth-order valence-corrected chi connectivity index (χ4v) is 2.79. The van der Waals surface area contributed by atoms with Gasteiger partial charge in [0.25, 0.3) is 0 Å². The third-order valence-electron chi connectivity index (χ3n) is 2.62. The van der Waals surface area contributed by atoms with E-state index in [9.17, 15) is 13.4 Å². The third-order valence-corrected chi connectivity index (χ3v) is 4.02. The van der Waals surface area contributed by atoms with Gasteiger partial charge < -0.3 is 0 Å². The predicted molar refractivity (Wildman–Crippen MR) is 72.8 cm³/mol. The van der Waals surface area contributed by atoms with Gasteiger partial charge in [-0.3, -0.25) is 9.00 Å². The van der Waals surface area contributed by atoms with Crippen molar-refractivity contribution in [3.8, 4) is 0 Å². The van der Waals surface area contributed by atoms with E-state index in [4.69, 9.17) is 0 Å². The van der Waals surface area contributed by atoms with E-state index in [0.29, 0.717) is 0 Å². The Morgan fingerprint density at radius 2 is 1.63 bits per heavy atom. The fraction of sp³-hybridized carbons (Fsp3) is 0.133. The Hall–Kier alpha value is -1.81. The molecule has 2 rings (SSSR count). The van der Waals surface area contributed by atoms with Crippen molar-refractivity contribution in [3.05, 3.63) is 66.0 Å². The maximum absolute atomic E-state index is 13.4. The molecule has 0 saturated carbocycles. The second-order valence-corrected chi connectivity index (χ2v) is 5.54. The summed E-state index contributed by atoms with van der Waals surface area (Å²) in [5.74, 6) is -0.850. The molecule has 0 N–H and O–H groups in total. The first-order valence-corrected chi connectivity index (χ1v) is 7.17. The van der Waals surface area contributed by atoms with E-state index in [1.54, 1.807) is 6.07 Å². The number of rotatable bonds is 5. The van der Waals surface area contributed by atoms with Crippen molar-refractivity contribution in [2.75, 3.05) is 5.75 Å². The van der Waals surface area contributed by atoms with Crippen molar-refractivity contribution < 1.29 is 13.4 Å². The van der Waals surface area contributed by atoms with Gasteiger partial charge >= 0.3 is 0 Å². The molecular formula is C15H13FO2S. The van der Waals surface area contributed by atoms with Crippen LogP contribution in [0, 0.1) is 5.82 Å². The average molecular weight is 276 g/mol. The summed E-state index contributed by atoms with van der Waals surface area (Å²) in [6.07, 6.45) is 0.223. The van der Waals surface area contributed by atoms with Crippen LogP contribution in [0.25, 0.3) is 0 Å². The zero-order valence-corrected chi connectivity index (χ0v) is 11.0. The molecule has 1 atom stereocenters. The Balaban J connectivity index is 2.00. The minimum Gasteiger partial charge on any atom is -0.298 e. The van der Waals surface area contributed by atoms with Crippen molar-refractivity contribution in [2.45, 2.75) is 11.3 Å². The summed E-state index contributed by atoms with van der Waals surface area (Å²) in [5, 5.41) is 0. The topological polar surface area (TPSA) is 34.1 Å². The van der Waals surface area contributed by atoms with Crippen LogP contribution >= 0.6 is 0 Å². The molecule has 0 radical (unpaired) electrons. The Kier molecular flexibility index (Phi) is 4.58. The summed E-state index contributed by atoms with van der Waals surface area (Å²) < 4.78 is 25.3. The summed E-state index contributed by atoms with van der Waals surface area (Å²) in [6, 6.07) is 15.1. The molecule has 0 amide bonds. The molecular weight excluding hydrogens is 263 g/mol. The molecule has 1 unspecified atom stereocenters. The van der Waals surface area contributed by atoms with Crippen LogP contribution in [0.1, 0.15) is 5.56 Å². The number of ketones is 1. The molecule has 2 nitrogen and oxygen atoms in total. The standard InChI is InChI=1S/C15H13FO2S/c16-14-8-4-5-9-15(14)19(18)11-13(17)10-12-6-2-1-3-7-12/h1-9H,10-11H2. The molecule has 2 aromatic carbocycles. The lowest BCUT2D eigenvalue weighted by Crippen LogP contribution is -2.14. The largest absolute Gasteiger partial charge is 0.298 e. The fourth-order valence-electron chi connectivity index (χ4n) is 1.73. The van der Waals surface area contributed by atoms with Crippen LogP contribution in [0.3, 0.4) is 0 Å². The molecule has 0 heterocycles. The molecule has 0 bridgehead atoms. The average Bonchev–Trinajstić information content (AvgIpc) is 2.40. The SMILES string of the molecule is O=C(Cc1ccccc1)CS(=O)c1ccccc1F. The second-order valence-electron chi connectivity index (χ2n) is 4.12. The van der Waals surface area contributed by atoms with Crippen molar-refractivity contribution in [2.24, 2.45) is 0 Å². The molecule has 0 aromatic heterocycles. The summed E-state index contributed by atoms with van der Waals surface area (Å²) >= 11 is 0. The third kappa shape index (κ3) is 3.83. The zero-order valence-electron chi connectivity index (χ0n) is 10.2. The van der Waals surface area contributed by atoms with E-state index >= 15 is 0 Å². The molecule has 98 valence electrons. The highest BCUT2D eigenvalue weighted by atomic mass is 32.2. The van der Waals surface area contributed by atoms with Crippen molar-refractivity contribution in [3.63, 3.8) is 0 Å². The van der Waals surface area contributed by atoms with Crippen LogP contribution in [-0.4, -0.2) is 15.7 Å². The molecule has 0 spiro atoms. The van der Waals surface area contributed by atoms with Gasteiger partial charge in [0.05, 0.1) is 21.4 Å². The van der Waals surface area contributed by atoms with E-state index in [1.807, 2.05) is 30.3 Å². The van der Waals surface area contributed by atoms with E-state index in [-0.39, 0.29) is 22.9 Å². The zero-order chi connectivity index (χ0) is 13.7. The van der Waals surface area contributed by atoms with Crippen LogP contribution in [0.4, 0.5) is 4.39 Å². The Bertz CT molecular complexity index is 596. The number of hydrogen-bond acceptors (Lipinski definition) is 2. The van der Waals surface area contributed by atoms with Gasteiger partial charge in [0.2, 0.25) is 0 Å². The number of carbonyl (C=O) groups is 1. The van der Waals surface area contributed by atoms with Gasteiger partial charge in [0.15, 0.2) is 0 Å². The van der Waals surface area contributed by atoms with E-state index in [2.05, 4.69) is 0 Å². The maximum atomic E-state index is 13.4. The van der Waals surface area contributed by atoms with E-state index < -0.39 is 16.6 Å². The lowest BCUT2D eigenvalue weighted by atomic mass is 10.1. The molecule has 0 saturated heterocycles. The van der Waals surface area contributed by atoms with Crippen LogP contribution in [0.5, 0.6) is 0 Å². The van der Waals surface area contributed by atoms with Gasteiger partial charge in [0, 0.05) is 6.42 Å². The first-order chi connectivity index (χ1) is 9.16. The minimum atomic E-state index is -1.62. The minimum absolute atomic E-state index is 0.0870. The van der Waals surface area contributed by atoms with Gasteiger partial charge in [-0.25, -0.2) is 4.39 Å². The monoisotopic (exact) mass is 276 g/mol. The molecule has 4 heteroatoms. The summed E-state index contributed by atoms with van der Waals surface area (Å²) in [6.45, 7) is 0. The van der Waals surface area contributed by atoms with Crippen molar-refractivity contribution >= 4 is 16.6 Å². The number of halogens is 1. The van der Waals surface area contributed by atoms with Crippen molar-refractivity contribution in [1.82, 2.24) is 0 Å². The van der Waals surface area contributed by atoms with Gasteiger partial charge in [-0.1, -0.05) is 42.5 Å². The van der Waals surface area contributed by atoms with E-state index in [0.717, 1.165) is 5.56 Å². The number of hydrogen-bond donors (Lipinski definition) is 0. The number of benzene rings is 2. The first kappa shape index (κ1) is 13.6. The molecule has 19 heavy (non-hydrogen) atoms. The van der Waals surface area contributed by atoms with Crippen LogP contribution in [0.2, 0.25) is 0 Å². The van der Waals surface area contributed by atoms with Crippen LogP contribution < -0.4 is 0 Å². The van der Waals surface area contributed by atoms with Gasteiger partial charge in [-0.05, 0) is 17.7 Å². The number of carbonyl (C=O) groups excluding carboxylic acids is 1. The normalized spacial score (nSPS) is 12.1. The Morgan fingerprint density at radius 1 is 1.00 bits per heavy atom. The summed E-state index contributed by atoms with van der Waals surface area (Å²) in [7, 11) is -1.62.